The molecule has 0 radical (unpaired) electrons. The Kier molecular flexibility index (Phi) is 4.22. The molecule has 2 atom stereocenters. The molecule has 2 aliphatic heterocycles. The first-order chi connectivity index (χ1) is 10.4. The van der Waals surface area contributed by atoms with Crippen LogP contribution >= 0.6 is 23.4 Å². The summed E-state index contributed by atoms with van der Waals surface area (Å²) in [6.07, 6.45) is 0. The summed E-state index contributed by atoms with van der Waals surface area (Å²) in [6, 6.07) is 6.78. The second kappa shape index (κ2) is 5.86. The summed E-state index contributed by atoms with van der Waals surface area (Å²) in [5.41, 5.74) is 0.812. The Labute approximate surface area is 138 Å². The fourth-order valence-corrected chi connectivity index (χ4v) is 5.68. The Balaban J connectivity index is 1.95. The molecule has 1 aromatic carbocycles. The zero-order valence-corrected chi connectivity index (χ0v) is 14.3. The van der Waals surface area contributed by atoms with Gasteiger partial charge in [0.2, 0.25) is 0 Å². The molecule has 118 valence electrons. The van der Waals surface area contributed by atoms with Crippen molar-refractivity contribution in [2.24, 2.45) is 4.99 Å². The van der Waals surface area contributed by atoms with Crippen molar-refractivity contribution >= 4 is 49.8 Å². The van der Waals surface area contributed by atoms with Crippen molar-refractivity contribution in [1.29, 1.82) is 0 Å². The number of nitrogens with zero attached hydrogens (tertiary/aromatic N) is 2. The second-order valence-corrected chi connectivity index (χ2v) is 9.00. The molecular formula is C14H15ClN2O3S2. The molecule has 0 aromatic heterocycles. The standard InChI is InChI=1S/C14H15ClN2O3S2/c1-9(18)6-21-14-16-12-7-22(19,20)8-13(12)17(14)11-4-2-3-10(15)5-11/h2-5,12-13H,6-8H2,1H3/t12-,13+/m0/s1. The van der Waals surface area contributed by atoms with Crippen LogP contribution in [0.2, 0.25) is 5.02 Å². The Morgan fingerprint density at radius 3 is 2.91 bits per heavy atom. The number of anilines is 1. The monoisotopic (exact) mass is 358 g/mol. The Hall–Kier alpha value is -1.05. The maximum Gasteiger partial charge on any atom is 0.164 e. The van der Waals surface area contributed by atoms with Gasteiger partial charge in [0.05, 0.1) is 29.3 Å². The number of hydrogen-bond acceptors (Lipinski definition) is 6. The number of thioether (sulfide) groups is 1. The molecule has 0 aliphatic carbocycles. The zero-order valence-electron chi connectivity index (χ0n) is 11.9. The van der Waals surface area contributed by atoms with Crippen LogP contribution in [-0.4, -0.2) is 48.7 Å². The van der Waals surface area contributed by atoms with E-state index < -0.39 is 9.84 Å². The number of rotatable bonds is 3. The number of amidine groups is 1. The molecule has 0 saturated carbocycles. The van der Waals surface area contributed by atoms with E-state index in [2.05, 4.69) is 4.99 Å². The Morgan fingerprint density at radius 2 is 2.23 bits per heavy atom. The minimum atomic E-state index is -3.07. The third-order valence-electron chi connectivity index (χ3n) is 3.60. The molecule has 2 heterocycles. The summed E-state index contributed by atoms with van der Waals surface area (Å²) in [6.45, 7) is 1.53. The number of carbonyl (C=O) groups is 1. The van der Waals surface area contributed by atoms with Crippen LogP contribution in [0.15, 0.2) is 29.3 Å². The quantitative estimate of drug-likeness (QED) is 0.826. The van der Waals surface area contributed by atoms with Crippen molar-refractivity contribution in [2.75, 3.05) is 22.2 Å². The summed E-state index contributed by atoms with van der Waals surface area (Å²) in [4.78, 5) is 17.7. The van der Waals surface area contributed by atoms with Crippen LogP contribution < -0.4 is 4.90 Å². The molecule has 0 N–H and O–H groups in total. The fourth-order valence-electron chi connectivity index (χ4n) is 2.73. The summed E-state index contributed by atoms with van der Waals surface area (Å²) in [5, 5.41) is 1.28. The predicted molar refractivity (Wildman–Crippen MR) is 90.7 cm³/mol. The van der Waals surface area contributed by atoms with Crippen LogP contribution in [0.4, 0.5) is 5.69 Å². The number of hydrogen-bond donors (Lipinski definition) is 0. The zero-order chi connectivity index (χ0) is 15.9. The topological polar surface area (TPSA) is 66.8 Å². The van der Waals surface area contributed by atoms with Gasteiger partial charge in [0.15, 0.2) is 15.0 Å². The van der Waals surface area contributed by atoms with Crippen LogP contribution in [0.5, 0.6) is 0 Å². The van der Waals surface area contributed by atoms with Gasteiger partial charge in [0, 0.05) is 10.7 Å². The Bertz CT molecular complexity index is 748. The van der Waals surface area contributed by atoms with E-state index in [1.54, 1.807) is 12.1 Å². The van der Waals surface area contributed by atoms with Gasteiger partial charge in [-0.3, -0.25) is 9.79 Å². The first kappa shape index (κ1) is 15.8. The molecule has 1 aromatic rings. The molecule has 1 fully saturated rings. The maximum atomic E-state index is 11.9. The number of aliphatic imine (C=N–C) groups is 1. The van der Waals surface area contributed by atoms with Crippen LogP contribution in [0, 0.1) is 0 Å². The van der Waals surface area contributed by atoms with E-state index in [1.165, 1.54) is 18.7 Å². The molecule has 0 bridgehead atoms. The van der Waals surface area contributed by atoms with Crippen molar-refractivity contribution in [1.82, 2.24) is 0 Å². The van der Waals surface area contributed by atoms with Gasteiger partial charge in [-0.1, -0.05) is 29.4 Å². The number of halogens is 1. The van der Waals surface area contributed by atoms with Crippen LogP contribution in [0.3, 0.4) is 0 Å². The highest BCUT2D eigenvalue weighted by atomic mass is 35.5. The van der Waals surface area contributed by atoms with E-state index in [9.17, 15) is 13.2 Å². The van der Waals surface area contributed by atoms with Gasteiger partial charge < -0.3 is 4.90 Å². The Morgan fingerprint density at radius 1 is 1.45 bits per heavy atom. The number of benzene rings is 1. The van der Waals surface area contributed by atoms with Crippen molar-refractivity contribution in [3.63, 3.8) is 0 Å². The fraction of sp³-hybridized carbons (Fsp3) is 0.429. The minimum absolute atomic E-state index is 0.0587. The summed E-state index contributed by atoms with van der Waals surface area (Å²) in [5.74, 6) is 0.530. The first-order valence-corrected chi connectivity index (χ1v) is 9.99. The lowest BCUT2D eigenvalue weighted by Gasteiger charge is -2.26. The summed E-state index contributed by atoms with van der Waals surface area (Å²) < 4.78 is 23.8. The van der Waals surface area contributed by atoms with Crippen LogP contribution in [0.1, 0.15) is 6.92 Å². The number of fused-ring (bicyclic) bond motifs is 1. The average Bonchev–Trinajstić information content (AvgIpc) is 2.87. The van der Waals surface area contributed by atoms with Crippen molar-refractivity contribution in [3.8, 4) is 0 Å². The van der Waals surface area contributed by atoms with E-state index >= 15 is 0 Å². The molecule has 1 saturated heterocycles. The average molecular weight is 359 g/mol. The summed E-state index contributed by atoms with van der Waals surface area (Å²) in [7, 11) is -3.07. The van der Waals surface area contributed by atoms with Gasteiger partial charge in [-0.15, -0.1) is 0 Å². The van der Waals surface area contributed by atoms with Gasteiger partial charge in [-0.05, 0) is 25.1 Å². The van der Waals surface area contributed by atoms with Crippen LogP contribution in [-0.2, 0) is 14.6 Å². The molecule has 8 heteroatoms. The molecule has 2 aliphatic rings. The molecule has 0 amide bonds. The normalized spacial score (nSPS) is 25.9. The van der Waals surface area contributed by atoms with Gasteiger partial charge >= 0.3 is 0 Å². The van der Waals surface area contributed by atoms with Gasteiger partial charge in [-0.25, -0.2) is 8.42 Å². The molecule has 3 rings (SSSR count). The maximum absolute atomic E-state index is 11.9. The van der Waals surface area contributed by atoms with E-state index in [4.69, 9.17) is 11.6 Å². The molecule has 0 spiro atoms. The first-order valence-electron chi connectivity index (χ1n) is 6.81. The largest absolute Gasteiger partial charge is 0.315 e. The third-order valence-corrected chi connectivity index (χ3v) is 6.64. The SMILES string of the molecule is CC(=O)CSC1=N[C@H]2CS(=O)(=O)C[C@H]2N1c1cccc(Cl)c1. The molecule has 22 heavy (non-hydrogen) atoms. The van der Waals surface area contributed by atoms with E-state index in [0.717, 1.165) is 5.69 Å². The van der Waals surface area contributed by atoms with E-state index in [-0.39, 0.29) is 29.4 Å². The third kappa shape index (κ3) is 3.16. The lowest BCUT2D eigenvalue weighted by Crippen LogP contribution is -2.39. The number of Topliss-reactive ketones (excluding diaryl/α,β-unsaturated/α-hetero) is 1. The van der Waals surface area contributed by atoms with Crippen molar-refractivity contribution < 1.29 is 13.2 Å². The van der Waals surface area contributed by atoms with Crippen molar-refractivity contribution in [3.05, 3.63) is 29.3 Å². The number of carbonyl (C=O) groups excluding carboxylic acids is 1. The van der Waals surface area contributed by atoms with Gasteiger partial charge in [-0.2, -0.15) is 0 Å². The van der Waals surface area contributed by atoms with E-state index in [1.807, 2.05) is 17.0 Å². The lowest BCUT2D eigenvalue weighted by molar-refractivity contribution is -0.114. The van der Waals surface area contributed by atoms with Crippen LogP contribution in [0.25, 0.3) is 0 Å². The highest BCUT2D eigenvalue weighted by molar-refractivity contribution is 8.14. The number of ketones is 1. The second-order valence-electron chi connectivity index (χ2n) is 5.46. The van der Waals surface area contributed by atoms with Gasteiger partial charge in [0.25, 0.3) is 0 Å². The van der Waals surface area contributed by atoms with Gasteiger partial charge in [0.1, 0.15) is 5.78 Å². The molecule has 5 nitrogen and oxygen atoms in total. The number of sulfone groups is 1. The predicted octanol–water partition coefficient (Wildman–Crippen LogP) is 2.00. The summed E-state index contributed by atoms with van der Waals surface area (Å²) >= 11 is 7.40. The highest BCUT2D eigenvalue weighted by Crippen LogP contribution is 2.35. The molecular weight excluding hydrogens is 344 g/mol. The lowest BCUT2D eigenvalue weighted by atomic mass is 10.1. The van der Waals surface area contributed by atoms with Crippen molar-refractivity contribution in [2.45, 2.75) is 19.0 Å². The minimum Gasteiger partial charge on any atom is -0.315 e. The smallest absolute Gasteiger partial charge is 0.164 e. The highest BCUT2D eigenvalue weighted by Gasteiger charge is 2.47. The molecule has 0 unspecified atom stereocenters. The van der Waals surface area contributed by atoms with E-state index in [0.29, 0.717) is 15.9 Å².